The van der Waals surface area contributed by atoms with Crippen molar-refractivity contribution in [2.45, 2.75) is 13.2 Å². The topological polar surface area (TPSA) is 57.0 Å². The molecule has 4 aromatic rings. The number of hydrogen-bond donors (Lipinski definition) is 0. The van der Waals surface area contributed by atoms with Crippen molar-refractivity contribution in [3.8, 4) is 5.75 Å². The van der Waals surface area contributed by atoms with Crippen molar-refractivity contribution in [1.82, 2.24) is 14.5 Å². The predicted molar refractivity (Wildman–Crippen MR) is 109 cm³/mol. The largest absolute Gasteiger partial charge is 0.484 e. The van der Waals surface area contributed by atoms with Crippen LogP contribution in [0.1, 0.15) is 11.4 Å². The van der Waals surface area contributed by atoms with Crippen molar-refractivity contribution in [2.75, 3.05) is 0 Å². The van der Waals surface area contributed by atoms with Gasteiger partial charge in [-0.1, -0.05) is 23.7 Å². The van der Waals surface area contributed by atoms with Crippen molar-refractivity contribution < 1.29 is 4.74 Å². The summed E-state index contributed by atoms with van der Waals surface area (Å²) in [6.45, 7) is 0.624. The summed E-state index contributed by atoms with van der Waals surface area (Å²) in [5.74, 6) is 0.656. The molecule has 2 aromatic carbocycles. The van der Waals surface area contributed by atoms with Gasteiger partial charge in [-0.25, -0.2) is 9.97 Å². The van der Waals surface area contributed by atoms with Crippen LogP contribution in [-0.4, -0.2) is 14.5 Å². The Morgan fingerprint density at radius 3 is 2.58 bits per heavy atom. The average Bonchev–Trinajstić information content (AvgIpc) is 2.61. The van der Waals surface area contributed by atoms with Gasteiger partial charge in [-0.05, 0) is 46.9 Å². The molecule has 2 aromatic heterocycles. The van der Waals surface area contributed by atoms with Crippen molar-refractivity contribution in [3.63, 3.8) is 0 Å². The van der Waals surface area contributed by atoms with Gasteiger partial charge in [0.2, 0.25) is 0 Å². The van der Waals surface area contributed by atoms with Crippen LogP contribution in [-0.2, 0) is 13.2 Å². The molecule has 0 unspecified atom stereocenters. The second-order valence-corrected chi connectivity index (χ2v) is 7.65. The summed E-state index contributed by atoms with van der Waals surface area (Å²) < 4.78 is 8.61. The molecule has 5 nitrogen and oxygen atoms in total. The van der Waals surface area contributed by atoms with E-state index in [4.69, 9.17) is 26.3 Å². The van der Waals surface area contributed by atoms with Crippen LogP contribution >= 0.6 is 34.2 Å². The smallest absolute Gasteiger partial charge is 0.251 e. The highest BCUT2D eigenvalue weighted by molar-refractivity contribution is 14.1. The Morgan fingerprint density at radius 1 is 1.08 bits per heavy atom. The molecular weight excluding hydrogens is 465 g/mol. The lowest BCUT2D eigenvalue weighted by atomic mass is 10.1. The summed E-state index contributed by atoms with van der Waals surface area (Å²) >= 11 is 8.59. The van der Waals surface area contributed by atoms with Crippen molar-refractivity contribution in [2.24, 2.45) is 0 Å². The lowest BCUT2D eigenvalue weighted by Crippen LogP contribution is -2.24. The van der Waals surface area contributed by atoms with E-state index in [1.54, 1.807) is 10.6 Å². The molecule has 5 rings (SSSR count). The van der Waals surface area contributed by atoms with Gasteiger partial charge >= 0.3 is 0 Å². The average molecular weight is 476 g/mol. The highest BCUT2D eigenvalue weighted by Crippen LogP contribution is 2.37. The third kappa shape index (κ3) is 2.39. The summed E-state index contributed by atoms with van der Waals surface area (Å²) in [6, 6.07) is 12.8. The summed E-state index contributed by atoms with van der Waals surface area (Å²) in [6.07, 6.45) is 0. The number of halogens is 2. The molecule has 0 saturated carbocycles. The van der Waals surface area contributed by atoms with Gasteiger partial charge in [-0.15, -0.1) is 0 Å². The van der Waals surface area contributed by atoms with Gasteiger partial charge < -0.3 is 4.74 Å². The third-order valence-electron chi connectivity index (χ3n) is 4.51. The maximum absolute atomic E-state index is 12.6. The van der Waals surface area contributed by atoms with E-state index in [1.807, 2.05) is 30.3 Å². The Balaban J connectivity index is 1.85. The first kappa shape index (κ1) is 16.0. The third-order valence-corrected chi connectivity index (χ3v) is 5.63. The fourth-order valence-corrected chi connectivity index (χ4v) is 4.45. The Morgan fingerprint density at radius 2 is 1.81 bits per heavy atom. The van der Waals surface area contributed by atoms with Crippen LogP contribution < -0.4 is 10.3 Å². The summed E-state index contributed by atoms with van der Waals surface area (Å²) in [5.41, 5.74) is 3.67. The van der Waals surface area contributed by atoms with Crippen LogP contribution in [0.2, 0.25) is 5.02 Å². The number of benzene rings is 2. The van der Waals surface area contributed by atoms with Gasteiger partial charge in [0.1, 0.15) is 12.3 Å². The number of para-hydroxylation sites is 2. The second kappa shape index (κ2) is 5.92. The molecule has 0 bridgehead atoms. The van der Waals surface area contributed by atoms with Gasteiger partial charge in [0, 0.05) is 11.5 Å². The SMILES string of the molecule is O=c1ccc2c(Cl)cc(I)c3c2n1Cc1nc2ccccc2nc1CO3. The summed E-state index contributed by atoms with van der Waals surface area (Å²) in [4.78, 5) is 22.1. The first-order valence-corrected chi connectivity index (χ1v) is 9.46. The Kier molecular flexibility index (Phi) is 3.65. The first-order chi connectivity index (χ1) is 12.6. The number of hydrogen-bond acceptors (Lipinski definition) is 4. The van der Waals surface area contributed by atoms with E-state index in [1.165, 1.54) is 6.07 Å². The van der Waals surface area contributed by atoms with Crippen molar-refractivity contribution in [1.29, 1.82) is 0 Å². The minimum absolute atomic E-state index is 0.122. The molecule has 0 N–H and O–H groups in total. The quantitative estimate of drug-likeness (QED) is 0.359. The van der Waals surface area contributed by atoms with Crippen LogP contribution in [0.5, 0.6) is 5.75 Å². The van der Waals surface area contributed by atoms with Crippen LogP contribution in [0, 0.1) is 3.57 Å². The van der Waals surface area contributed by atoms with Gasteiger partial charge in [0.15, 0.2) is 5.75 Å². The molecule has 0 aliphatic carbocycles. The minimum Gasteiger partial charge on any atom is -0.484 e. The number of pyridine rings is 1. The van der Waals surface area contributed by atoms with Crippen molar-refractivity contribution in [3.05, 3.63) is 72.8 Å². The lowest BCUT2D eigenvalue weighted by Gasteiger charge is -2.21. The Bertz CT molecular complexity index is 1270. The van der Waals surface area contributed by atoms with Gasteiger partial charge in [0.05, 0.1) is 37.4 Å². The maximum Gasteiger partial charge on any atom is 0.251 e. The summed E-state index contributed by atoms with van der Waals surface area (Å²) in [5, 5.41) is 1.38. The highest BCUT2D eigenvalue weighted by Gasteiger charge is 2.21. The molecule has 0 radical (unpaired) electrons. The van der Waals surface area contributed by atoms with Gasteiger partial charge in [-0.2, -0.15) is 0 Å². The van der Waals surface area contributed by atoms with E-state index in [0.717, 1.165) is 31.4 Å². The molecule has 0 saturated heterocycles. The van der Waals surface area contributed by atoms with E-state index in [2.05, 4.69) is 22.6 Å². The standard InChI is InChI=1S/C19H11ClIN3O2/c20-11-7-12(21)19-18-10(11)5-6-17(25)24(18)8-15-16(9-26-19)23-14-4-2-1-3-13(14)22-15/h1-7H,8-9H2. The monoisotopic (exact) mass is 475 g/mol. The minimum atomic E-state index is -0.122. The van der Waals surface area contributed by atoms with E-state index in [0.29, 0.717) is 29.4 Å². The maximum atomic E-state index is 12.6. The molecule has 0 amide bonds. The molecule has 7 heteroatoms. The molecular formula is C19H11ClIN3O2. The van der Waals surface area contributed by atoms with Crippen LogP contribution in [0.3, 0.4) is 0 Å². The van der Waals surface area contributed by atoms with E-state index >= 15 is 0 Å². The fourth-order valence-electron chi connectivity index (χ4n) is 3.28. The van der Waals surface area contributed by atoms with Gasteiger partial charge in [0.25, 0.3) is 5.56 Å². The molecule has 0 fully saturated rings. The van der Waals surface area contributed by atoms with Crippen LogP contribution in [0.15, 0.2) is 47.3 Å². The number of ether oxygens (including phenoxy) is 1. The summed E-state index contributed by atoms with van der Waals surface area (Å²) in [7, 11) is 0. The highest BCUT2D eigenvalue weighted by atomic mass is 127. The molecule has 0 spiro atoms. The zero-order valence-electron chi connectivity index (χ0n) is 13.4. The van der Waals surface area contributed by atoms with Crippen LogP contribution in [0.4, 0.5) is 0 Å². The first-order valence-electron chi connectivity index (χ1n) is 8.01. The Hall–Kier alpha value is -2.19. The lowest BCUT2D eigenvalue weighted by molar-refractivity contribution is 0.296. The van der Waals surface area contributed by atoms with E-state index in [9.17, 15) is 4.79 Å². The van der Waals surface area contributed by atoms with Gasteiger partial charge in [-0.3, -0.25) is 9.36 Å². The van der Waals surface area contributed by atoms with E-state index in [-0.39, 0.29) is 5.56 Å². The molecule has 1 aliphatic rings. The molecule has 26 heavy (non-hydrogen) atoms. The molecule has 0 atom stereocenters. The molecule has 128 valence electrons. The normalized spacial score (nSPS) is 13.2. The zero-order chi connectivity index (χ0) is 17.8. The predicted octanol–water partition coefficient (Wildman–Crippen LogP) is 4.14. The number of fused-ring (bicyclic) bond motifs is 2. The Labute approximate surface area is 166 Å². The second-order valence-electron chi connectivity index (χ2n) is 6.08. The van der Waals surface area contributed by atoms with E-state index < -0.39 is 0 Å². The fraction of sp³-hybridized carbons (Fsp3) is 0.105. The molecule has 3 heterocycles. The number of nitrogens with zero attached hydrogens (tertiary/aromatic N) is 3. The number of rotatable bonds is 0. The van der Waals surface area contributed by atoms with Crippen LogP contribution in [0.25, 0.3) is 21.9 Å². The van der Waals surface area contributed by atoms with Crippen molar-refractivity contribution >= 4 is 56.1 Å². The zero-order valence-corrected chi connectivity index (χ0v) is 16.3. The molecule has 1 aliphatic heterocycles. The number of aromatic nitrogens is 3.